The first kappa shape index (κ1) is 8.42. The normalized spacial score (nSPS) is 11.1. The van der Waals surface area contributed by atoms with Gasteiger partial charge in [-0.1, -0.05) is 21.1 Å². The molecule has 0 unspecified atom stereocenters. The van der Waals surface area contributed by atoms with Crippen LogP contribution >= 0.6 is 15.9 Å². The van der Waals surface area contributed by atoms with Gasteiger partial charge in [-0.3, -0.25) is 0 Å². The van der Waals surface area contributed by atoms with Gasteiger partial charge in [-0.25, -0.2) is 4.79 Å². The van der Waals surface area contributed by atoms with Crippen molar-refractivity contribution < 1.29 is 14.7 Å². The van der Waals surface area contributed by atoms with E-state index in [1.807, 2.05) is 0 Å². The highest BCUT2D eigenvalue weighted by molar-refractivity contribution is 9.09. The fourth-order valence-electron chi connectivity index (χ4n) is 0.231. The average molecular weight is 196 g/mol. The van der Waals surface area contributed by atoms with Crippen LogP contribution in [0.15, 0.2) is 5.16 Å². The van der Waals surface area contributed by atoms with Crippen LogP contribution in [-0.2, 0) is 9.63 Å². The number of alkyl halides is 1. The van der Waals surface area contributed by atoms with E-state index in [1.165, 1.54) is 7.11 Å². The zero-order valence-corrected chi connectivity index (χ0v) is 6.38. The lowest BCUT2D eigenvalue weighted by atomic mass is 10.4. The Kier molecular flexibility index (Phi) is 4.04. The molecule has 0 aliphatic heterocycles. The van der Waals surface area contributed by atoms with E-state index in [0.717, 1.165) is 0 Å². The van der Waals surface area contributed by atoms with E-state index in [4.69, 9.17) is 5.11 Å². The van der Waals surface area contributed by atoms with Crippen molar-refractivity contribution in [2.75, 3.05) is 12.4 Å². The first-order valence-corrected chi connectivity index (χ1v) is 3.23. The Morgan fingerprint density at radius 2 is 2.44 bits per heavy atom. The minimum absolute atomic E-state index is 0.0440. The molecule has 0 aromatic rings. The monoisotopic (exact) mass is 195 g/mol. The number of aliphatic carboxylic acids is 1. The summed E-state index contributed by atoms with van der Waals surface area (Å²) in [4.78, 5) is 14.3. The number of carboxylic acids is 1. The summed E-state index contributed by atoms with van der Waals surface area (Å²) >= 11 is 2.93. The summed E-state index contributed by atoms with van der Waals surface area (Å²) in [7, 11) is 1.30. The molecule has 0 saturated carbocycles. The fraction of sp³-hybridized carbons (Fsp3) is 0.500. The van der Waals surface area contributed by atoms with E-state index >= 15 is 0 Å². The van der Waals surface area contributed by atoms with Crippen LogP contribution in [-0.4, -0.2) is 29.2 Å². The second kappa shape index (κ2) is 4.31. The average Bonchev–Trinajstić information content (AvgIpc) is 1.82. The van der Waals surface area contributed by atoms with Gasteiger partial charge >= 0.3 is 5.97 Å². The van der Waals surface area contributed by atoms with Crippen LogP contribution in [0.1, 0.15) is 0 Å². The highest BCUT2D eigenvalue weighted by atomic mass is 79.9. The molecule has 0 fully saturated rings. The Bertz CT molecular complexity index is 134. The molecular weight excluding hydrogens is 190 g/mol. The Labute approximate surface area is 60.6 Å². The predicted molar refractivity (Wildman–Crippen MR) is 35.9 cm³/mol. The van der Waals surface area contributed by atoms with Crippen molar-refractivity contribution in [3.05, 3.63) is 0 Å². The van der Waals surface area contributed by atoms with E-state index in [1.54, 1.807) is 0 Å². The summed E-state index contributed by atoms with van der Waals surface area (Å²) in [6.07, 6.45) is 0. The summed E-state index contributed by atoms with van der Waals surface area (Å²) < 4.78 is 0. The molecule has 0 rings (SSSR count). The van der Waals surface area contributed by atoms with Crippen molar-refractivity contribution in [2.45, 2.75) is 0 Å². The quantitative estimate of drug-likeness (QED) is 0.405. The maximum atomic E-state index is 10.1. The van der Waals surface area contributed by atoms with Crippen LogP contribution in [0.5, 0.6) is 0 Å². The van der Waals surface area contributed by atoms with E-state index < -0.39 is 5.97 Å². The standard InChI is InChI=1S/C4H6BrNO3/c1-9-6-3(2-5)4(7)8/h2H2,1H3,(H,7,8)/b6-3-. The van der Waals surface area contributed by atoms with Crippen molar-refractivity contribution >= 4 is 27.6 Å². The molecule has 0 radical (unpaired) electrons. The number of rotatable bonds is 3. The maximum absolute atomic E-state index is 10.1. The SMILES string of the molecule is CO/N=C(/CBr)C(=O)O. The smallest absolute Gasteiger partial charge is 0.354 e. The molecular formula is C4H6BrNO3. The molecule has 0 aromatic heterocycles. The lowest BCUT2D eigenvalue weighted by molar-refractivity contribution is -0.129. The molecule has 0 amide bonds. The van der Waals surface area contributed by atoms with Gasteiger partial charge in [0, 0.05) is 0 Å². The highest BCUT2D eigenvalue weighted by Crippen LogP contribution is 1.86. The Morgan fingerprint density at radius 1 is 1.89 bits per heavy atom. The Balaban J connectivity index is 3.98. The molecule has 0 atom stereocenters. The van der Waals surface area contributed by atoms with Crippen LogP contribution in [0.3, 0.4) is 0 Å². The van der Waals surface area contributed by atoms with Gasteiger partial charge < -0.3 is 9.94 Å². The zero-order chi connectivity index (χ0) is 7.28. The highest BCUT2D eigenvalue weighted by Gasteiger charge is 2.06. The first-order valence-electron chi connectivity index (χ1n) is 2.11. The Hall–Kier alpha value is -0.580. The maximum Gasteiger partial charge on any atom is 0.354 e. The van der Waals surface area contributed by atoms with Crippen LogP contribution in [0.4, 0.5) is 0 Å². The van der Waals surface area contributed by atoms with E-state index in [-0.39, 0.29) is 11.0 Å². The number of carboxylic acid groups (broad SMARTS) is 1. The summed E-state index contributed by atoms with van der Waals surface area (Å²) in [5.41, 5.74) is -0.0440. The van der Waals surface area contributed by atoms with Gasteiger partial charge in [0.05, 0.1) is 5.33 Å². The van der Waals surface area contributed by atoms with Crippen LogP contribution in [0, 0.1) is 0 Å². The van der Waals surface area contributed by atoms with Gasteiger partial charge in [0.1, 0.15) is 7.11 Å². The number of carbonyl (C=O) groups is 1. The third-order valence-corrected chi connectivity index (χ3v) is 1.11. The summed E-state index contributed by atoms with van der Waals surface area (Å²) in [6.45, 7) is 0. The fourth-order valence-corrected chi connectivity index (χ4v) is 0.573. The summed E-state index contributed by atoms with van der Waals surface area (Å²) in [5, 5.41) is 11.7. The van der Waals surface area contributed by atoms with Crippen molar-refractivity contribution in [1.29, 1.82) is 0 Å². The Morgan fingerprint density at radius 3 is 2.56 bits per heavy atom. The molecule has 52 valence electrons. The number of oxime groups is 1. The van der Waals surface area contributed by atoms with Crippen molar-refractivity contribution in [2.24, 2.45) is 5.16 Å². The molecule has 0 aliphatic rings. The largest absolute Gasteiger partial charge is 0.477 e. The molecule has 0 aromatic carbocycles. The van der Waals surface area contributed by atoms with Gasteiger partial charge in [-0.2, -0.15) is 0 Å². The molecule has 1 N–H and O–H groups in total. The molecule has 0 bridgehead atoms. The summed E-state index contributed by atoms with van der Waals surface area (Å²) in [6, 6.07) is 0. The third kappa shape index (κ3) is 3.07. The second-order valence-corrected chi connectivity index (χ2v) is 1.72. The van der Waals surface area contributed by atoms with Gasteiger partial charge in [0.15, 0.2) is 5.71 Å². The number of hydrogen-bond donors (Lipinski definition) is 1. The summed E-state index contributed by atoms with van der Waals surface area (Å²) in [5.74, 6) is -1.08. The molecule has 0 aliphatic carbocycles. The molecule has 0 saturated heterocycles. The van der Waals surface area contributed by atoms with E-state index in [2.05, 4.69) is 25.9 Å². The van der Waals surface area contributed by atoms with Crippen LogP contribution in [0.2, 0.25) is 0 Å². The van der Waals surface area contributed by atoms with Gasteiger partial charge in [0.25, 0.3) is 0 Å². The van der Waals surface area contributed by atoms with Gasteiger partial charge in [0.2, 0.25) is 0 Å². The molecule has 9 heavy (non-hydrogen) atoms. The van der Waals surface area contributed by atoms with Gasteiger partial charge in [-0.05, 0) is 0 Å². The van der Waals surface area contributed by atoms with Crippen molar-refractivity contribution in [3.63, 3.8) is 0 Å². The number of hydrogen-bond acceptors (Lipinski definition) is 3. The first-order chi connectivity index (χ1) is 4.22. The molecule has 0 spiro atoms. The molecule has 4 nitrogen and oxygen atoms in total. The topological polar surface area (TPSA) is 58.9 Å². The number of nitrogens with zero attached hydrogens (tertiary/aromatic N) is 1. The van der Waals surface area contributed by atoms with Crippen molar-refractivity contribution in [3.8, 4) is 0 Å². The van der Waals surface area contributed by atoms with Crippen LogP contribution in [0.25, 0.3) is 0 Å². The predicted octanol–water partition coefficient (Wildman–Crippen LogP) is 0.468. The minimum atomic E-state index is -1.08. The number of halogens is 1. The lowest BCUT2D eigenvalue weighted by Crippen LogP contribution is -2.14. The third-order valence-electron chi connectivity index (χ3n) is 0.575. The van der Waals surface area contributed by atoms with Gasteiger partial charge in [-0.15, -0.1) is 0 Å². The zero-order valence-electron chi connectivity index (χ0n) is 4.80. The van der Waals surface area contributed by atoms with Crippen molar-refractivity contribution in [1.82, 2.24) is 0 Å². The lowest BCUT2D eigenvalue weighted by Gasteiger charge is -1.91. The van der Waals surface area contributed by atoms with E-state index in [9.17, 15) is 4.79 Å². The molecule has 0 heterocycles. The minimum Gasteiger partial charge on any atom is -0.477 e. The molecule has 5 heteroatoms. The van der Waals surface area contributed by atoms with Crippen LogP contribution < -0.4 is 0 Å². The van der Waals surface area contributed by atoms with E-state index in [0.29, 0.717) is 0 Å². The second-order valence-electron chi connectivity index (χ2n) is 1.16.